The number of nitrogens with one attached hydrogen (secondary N) is 1. The highest BCUT2D eigenvalue weighted by molar-refractivity contribution is 5.76. The second-order valence-corrected chi connectivity index (χ2v) is 5.12. The molecule has 0 saturated carbocycles. The van der Waals surface area contributed by atoms with Crippen molar-refractivity contribution in [3.63, 3.8) is 0 Å². The fourth-order valence-electron chi connectivity index (χ4n) is 1.97. The van der Waals surface area contributed by atoms with E-state index in [1.54, 1.807) is 0 Å². The van der Waals surface area contributed by atoms with Gasteiger partial charge in [-0.2, -0.15) is 0 Å². The number of hydrogen-bond donors (Lipinski definition) is 2. The summed E-state index contributed by atoms with van der Waals surface area (Å²) in [6, 6.07) is 0.801. The lowest BCUT2D eigenvalue weighted by molar-refractivity contribution is -0.122. The van der Waals surface area contributed by atoms with Crippen molar-refractivity contribution in [3.05, 3.63) is 0 Å². The highest BCUT2D eigenvalue weighted by Crippen LogP contribution is 2.10. The van der Waals surface area contributed by atoms with E-state index in [0.717, 1.165) is 12.8 Å². The molecule has 0 fully saturated rings. The maximum atomic E-state index is 11.7. The molecule has 0 aliphatic carbocycles. The smallest absolute Gasteiger partial charge is 0.221 e. The summed E-state index contributed by atoms with van der Waals surface area (Å²) < 4.78 is 0. The molecule has 0 aromatic rings. The predicted molar refractivity (Wildman–Crippen MR) is 72.9 cm³/mol. The first kappa shape index (κ1) is 16.4. The number of likely N-dealkylation sites (N-methyl/N-ethyl adjacent to an activating group) is 1. The van der Waals surface area contributed by atoms with Gasteiger partial charge in [-0.1, -0.05) is 13.3 Å². The Hall–Kier alpha value is -0.610. The number of nitrogens with zero attached hydrogens (tertiary/aromatic N) is 1. The van der Waals surface area contributed by atoms with Crippen molar-refractivity contribution < 1.29 is 4.79 Å². The van der Waals surface area contributed by atoms with Crippen molar-refractivity contribution in [2.75, 3.05) is 13.6 Å². The van der Waals surface area contributed by atoms with Gasteiger partial charge in [0, 0.05) is 31.1 Å². The van der Waals surface area contributed by atoms with Crippen LogP contribution in [0.25, 0.3) is 0 Å². The molecule has 102 valence electrons. The molecule has 0 aromatic heterocycles. The topological polar surface area (TPSA) is 58.4 Å². The maximum absolute atomic E-state index is 11.7. The van der Waals surface area contributed by atoms with Crippen LogP contribution in [-0.2, 0) is 4.79 Å². The maximum Gasteiger partial charge on any atom is 0.221 e. The van der Waals surface area contributed by atoms with Crippen molar-refractivity contribution in [3.8, 4) is 0 Å². The van der Waals surface area contributed by atoms with E-state index in [1.807, 2.05) is 13.8 Å². The van der Waals surface area contributed by atoms with Crippen molar-refractivity contribution >= 4 is 5.91 Å². The molecule has 2 unspecified atom stereocenters. The Morgan fingerprint density at radius 3 is 2.35 bits per heavy atom. The molecule has 0 rings (SSSR count). The highest BCUT2D eigenvalue weighted by Gasteiger charge is 2.21. The molecule has 0 aromatic carbocycles. The van der Waals surface area contributed by atoms with Gasteiger partial charge in [-0.25, -0.2) is 0 Å². The van der Waals surface area contributed by atoms with Crippen LogP contribution in [0.5, 0.6) is 0 Å². The molecule has 0 saturated heterocycles. The van der Waals surface area contributed by atoms with Crippen LogP contribution in [0.1, 0.15) is 47.0 Å². The Bertz CT molecular complexity index is 219. The minimum Gasteiger partial charge on any atom is -0.354 e. The van der Waals surface area contributed by atoms with Gasteiger partial charge in [-0.05, 0) is 34.2 Å². The standard InChI is InChI=1S/C13H29N3O/c1-6-7-11(4)16(5)12(9-14)8-13(17)15-10(2)3/h10-12H,6-9,14H2,1-5H3,(H,15,17). The number of amides is 1. The fourth-order valence-corrected chi connectivity index (χ4v) is 1.97. The van der Waals surface area contributed by atoms with Crippen LogP contribution in [0.4, 0.5) is 0 Å². The van der Waals surface area contributed by atoms with Gasteiger partial charge in [0.2, 0.25) is 5.91 Å². The van der Waals surface area contributed by atoms with Crippen molar-refractivity contribution in [2.24, 2.45) is 5.73 Å². The molecule has 0 aliphatic rings. The lowest BCUT2D eigenvalue weighted by atomic mass is 10.1. The van der Waals surface area contributed by atoms with Gasteiger partial charge in [0.25, 0.3) is 0 Å². The van der Waals surface area contributed by atoms with Crippen LogP contribution in [0, 0.1) is 0 Å². The normalized spacial score (nSPS) is 15.1. The van der Waals surface area contributed by atoms with Crippen LogP contribution in [0.2, 0.25) is 0 Å². The van der Waals surface area contributed by atoms with Crippen LogP contribution >= 0.6 is 0 Å². The average molecular weight is 243 g/mol. The molecule has 2 atom stereocenters. The number of carbonyl (C=O) groups excluding carboxylic acids is 1. The summed E-state index contributed by atoms with van der Waals surface area (Å²) in [6.45, 7) is 8.83. The van der Waals surface area contributed by atoms with Crippen LogP contribution in [0.15, 0.2) is 0 Å². The largest absolute Gasteiger partial charge is 0.354 e. The number of nitrogens with two attached hydrogens (primary N) is 1. The van der Waals surface area contributed by atoms with Crippen molar-refractivity contribution in [2.45, 2.75) is 65.1 Å². The minimum atomic E-state index is 0.0889. The molecule has 4 heteroatoms. The Morgan fingerprint density at radius 2 is 1.94 bits per heavy atom. The number of hydrogen-bond acceptors (Lipinski definition) is 3. The van der Waals surface area contributed by atoms with Gasteiger partial charge in [0.1, 0.15) is 0 Å². The van der Waals surface area contributed by atoms with Gasteiger partial charge in [-0.3, -0.25) is 9.69 Å². The summed E-state index contributed by atoms with van der Waals surface area (Å²) in [5.74, 6) is 0.0889. The molecular formula is C13H29N3O. The zero-order valence-corrected chi connectivity index (χ0v) is 12.0. The van der Waals surface area contributed by atoms with Gasteiger partial charge in [-0.15, -0.1) is 0 Å². The van der Waals surface area contributed by atoms with Crippen LogP contribution < -0.4 is 11.1 Å². The Morgan fingerprint density at radius 1 is 1.35 bits per heavy atom. The van der Waals surface area contributed by atoms with E-state index in [0.29, 0.717) is 19.0 Å². The Balaban J connectivity index is 4.26. The SMILES string of the molecule is CCCC(C)N(C)C(CN)CC(=O)NC(C)C. The third-order valence-electron chi connectivity index (χ3n) is 3.12. The second-order valence-electron chi connectivity index (χ2n) is 5.12. The molecule has 0 heterocycles. The van der Waals surface area contributed by atoms with E-state index in [-0.39, 0.29) is 18.0 Å². The predicted octanol–water partition coefficient (Wildman–Crippen LogP) is 1.35. The first-order valence-corrected chi connectivity index (χ1v) is 6.63. The molecular weight excluding hydrogens is 214 g/mol. The lowest BCUT2D eigenvalue weighted by Gasteiger charge is -2.32. The third kappa shape index (κ3) is 6.64. The highest BCUT2D eigenvalue weighted by atomic mass is 16.1. The van der Waals surface area contributed by atoms with E-state index >= 15 is 0 Å². The van der Waals surface area contributed by atoms with E-state index in [2.05, 4.69) is 31.1 Å². The third-order valence-corrected chi connectivity index (χ3v) is 3.12. The number of rotatable bonds is 8. The Kier molecular flexibility index (Phi) is 8.17. The molecule has 0 spiro atoms. The summed E-state index contributed by atoms with van der Waals surface area (Å²) in [6.07, 6.45) is 2.78. The first-order valence-electron chi connectivity index (χ1n) is 6.63. The van der Waals surface area contributed by atoms with Crippen molar-refractivity contribution in [1.29, 1.82) is 0 Å². The van der Waals surface area contributed by atoms with Crippen molar-refractivity contribution in [1.82, 2.24) is 10.2 Å². The molecule has 3 N–H and O–H groups in total. The van der Waals surface area contributed by atoms with E-state index in [1.165, 1.54) is 0 Å². The van der Waals surface area contributed by atoms with Gasteiger partial charge in [0.15, 0.2) is 0 Å². The molecule has 0 radical (unpaired) electrons. The Labute approximate surface area is 106 Å². The molecule has 1 amide bonds. The summed E-state index contributed by atoms with van der Waals surface area (Å²) in [7, 11) is 2.06. The second kappa shape index (κ2) is 8.48. The number of carbonyl (C=O) groups is 1. The van der Waals surface area contributed by atoms with E-state index in [4.69, 9.17) is 5.73 Å². The van der Waals surface area contributed by atoms with Gasteiger partial charge < -0.3 is 11.1 Å². The van der Waals surface area contributed by atoms with Gasteiger partial charge >= 0.3 is 0 Å². The zero-order valence-electron chi connectivity index (χ0n) is 12.0. The molecule has 0 bridgehead atoms. The lowest BCUT2D eigenvalue weighted by Crippen LogP contribution is -2.46. The summed E-state index contributed by atoms with van der Waals surface area (Å²) in [4.78, 5) is 13.9. The van der Waals surface area contributed by atoms with E-state index in [9.17, 15) is 4.79 Å². The quantitative estimate of drug-likeness (QED) is 0.676. The van der Waals surface area contributed by atoms with E-state index < -0.39 is 0 Å². The zero-order chi connectivity index (χ0) is 13.4. The summed E-state index contributed by atoms with van der Waals surface area (Å²) in [5.41, 5.74) is 5.77. The monoisotopic (exact) mass is 243 g/mol. The average Bonchev–Trinajstić information content (AvgIpc) is 2.24. The first-order chi connectivity index (χ1) is 7.92. The van der Waals surface area contributed by atoms with Crippen LogP contribution in [-0.4, -0.2) is 42.5 Å². The van der Waals surface area contributed by atoms with Gasteiger partial charge in [0.05, 0.1) is 0 Å². The summed E-state index contributed by atoms with van der Waals surface area (Å²) >= 11 is 0. The molecule has 4 nitrogen and oxygen atoms in total. The van der Waals surface area contributed by atoms with Crippen LogP contribution in [0.3, 0.4) is 0 Å². The summed E-state index contributed by atoms with van der Waals surface area (Å²) in [5, 5.41) is 2.91. The fraction of sp³-hybridized carbons (Fsp3) is 0.923. The molecule has 17 heavy (non-hydrogen) atoms. The molecule has 0 aliphatic heterocycles. The minimum absolute atomic E-state index is 0.0889.